The predicted molar refractivity (Wildman–Crippen MR) is 98.1 cm³/mol. The van der Waals surface area contributed by atoms with Gasteiger partial charge < -0.3 is 14.8 Å². The van der Waals surface area contributed by atoms with Gasteiger partial charge in [-0.1, -0.05) is 0 Å². The molecule has 1 aromatic rings. The van der Waals surface area contributed by atoms with Crippen molar-refractivity contribution < 1.29 is 13.2 Å². The van der Waals surface area contributed by atoms with Crippen molar-refractivity contribution in [2.24, 2.45) is 18.0 Å². The van der Waals surface area contributed by atoms with Gasteiger partial charge in [0, 0.05) is 39.6 Å². The predicted octanol–water partition coefficient (Wildman–Crippen LogP) is 2.70. The van der Waals surface area contributed by atoms with Crippen molar-refractivity contribution in [3.05, 3.63) is 24.0 Å². The number of alkyl halides is 3. The third-order valence-electron chi connectivity index (χ3n) is 4.97. The molecule has 0 bridgehead atoms. The largest absolute Gasteiger partial charge is 0.401 e. The molecule has 1 aromatic heterocycles. The second kappa shape index (κ2) is 9.30. The number of hydrogen-bond donors (Lipinski definition) is 1. The molecular weight excluding hydrogens is 343 g/mol. The molecule has 148 valence electrons. The lowest BCUT2D eigenvalue weighted by Crippen LogP contribution is -2.42. The molecule has 0 amide bonds. The van der Waals surface area contributed by atoms with Crippen LogP contribution in [0.1, 0.15) is 25.0 Å². The average Bonchev–Trinajstić information content (AvgIpc) is 2.96. The number of nitrogens with zero attached hydrogens (tertiary/aromatic N) is 4. The van der Waals surface area contributed by atoms with Crippen LogP contribution < -0.4 is 5.32 Å². The summed E-state index contributed by atoms with van der Waals surface area (Å²) >= 11 is 0. The summed E-state index contributed by atoms with van der Waals surface area (Å²) in [6.45, 7) is 1.83. The van der Waals surface area contributed by atoms with E-state index in [0.29, 0.717) is 19.0 Å². The molecule has 0 saturated carbocycles. The topological polar surface area (TPSA) is 35.8 Å². The van der Waals surface area contributed by atoms with E-state index in [0.717, 1.165) is 38.3 Å². The fourth-order valence-corrected chi connectivity index (χ4v) is 3.44. The maximum Gasteiger partial charge on any atom is 0.401 e. The van der Waals surface area contributed by atoms with E-state index in [4.69, 9.17) is 0 Å². The Kier molecular flexibility index (Phi) is 7.37. The van der Waals surface area contributed by atoms with Crippen molar-refractivity contribution in [1.29, 1.82) is 0 Å². The highest BCUT2D eigenvalue weighted by Gasteiger charge is 2.32. The molecule has 1 saturated heterocycles. The molecule has 2 heterocycles. The van der Waals surface area contributed by atoms with Crippen LogP contribution in [-0.4, -0.2) is 66.8 Å². The first-order chi connectivity index (χ1) is 12.3. The highest BCUT2D eigenvalue weighted by molar-refractivity contribution is 5.79. The number of likely N-dealkylation sites (tertiary alicyclic amines) is 1. The molecule has 1 N–H and O–H groups in total. The molecule has 0 aromatic carbocycles. The minimum atomic E-state index is -4.09. The van der Waals surface area contributed by atoms with Crippen LogP contribution in [0.2, 0.25) is 0 Å². The van der Waals surface area contributed by atoms with Gasteiger partial charge >= 0.3 is 6.18 Å². The Hall–Kier alpha value is -1.70. The Morgan fingerprint density at radius 1 is 1.35 bits per heavy atom. The minimum Gasteiger partial charge on any atom is -0.356 e. The van der Waals surface area contributed by atoms with E-state index in [1.165, 1.54) is 10.6 Å². The Bertz CT molecular complexity index is 574. The van der Waals surface area contributed by atoms with E-state index in [-0.39, 0.29) is 0 Å². The number of aliphatic imine (C=N–C) groups is 1. The molecule has 0 atom stereocenters. The van der Waals surface area contributed by atoms with Gasteiger partial charge in [-0.3, -0.25) is 9.89 Å². The molecule has 1 aliphatic heterocycles. The van der Waals surface area contributed by atoms with E-state index in [2.05, 4.69) is 25.8 Å². The zero-order valence-electron chi connectivity index (χ0n) is 15.9. The van der Waals surface area contributed by atoms with E-state index >= 15 is 0 Å². The molecule has 26 heavy (non-hydrogen) atoms. The van der Waals surface area contributed by atoms with Crippen molar-refractivity contribution >= 4 is 5.96 Å². The van der Waals surface area contributed by atoms with E-state index in [9.17, 15) is 13.2 Å². The first-order valence-corrected chi connectivity index (χ1v) is 9.09. The van der Waals surface area contributed by atoms with Crippen LogP contribution in [0.15, 0.2) is 23.3 Å². The molecule has 0 radical (unpaired) electrons. The molecule has 0 aliphatic carbocycles. The van der Waals surface area contributed by atoms with Gasteiger partial charge in [-0.2, -0.15) is 13.2 Å². The second-order valence-electron chi connectivity index (χ2n) is 7.06. The quantitative estimate of drug-likeness (QED) is 0.615. The third-order valence-corrected chi connectivity index (χ3v) is 4.97. The van der Waals surface area contributed by atoms with Gasteiger partial charge in [0.1, 0.15) is 0 Å². The summed E-state index contributed by atoms with van der Waals surface area (Å²) in [5.74, 6) is 1.31. The number of piperidine rings is 1. The van der Waals surface area contributed by atoms with Crippen molar-refractivity contribution in [2.45, 2.75) is 32.0 Å². The minimum absolute atomic E-state index is 0.475. The second-order valence-corrected chi connectivity index (χ2v) is 7.06. The standard InChI is InChI=1S/C18H30F3N5/c1-22-17(25(3)13-16-5-4-10-24(16)2)23-9-6-15-7-11-26(12-8-15)14-18(19,20)21/h4-5,10,15H,6-9,11-14H2,1-3H3,(H,22,23). The number of rotatable bonds is 6. The van der Waals surface area contributed by atoms with Crippen molar-refractivity contribution in [3.63, 3.8) is 0 Å². The summed E-state index contributed by atoms with van der Waals surface area (Å²) in [6.07, 6.45) is 0.538. The number of hydrogen-bond acceptors (Lipinski definition) is 2. The summed E-state index contributed by atoms with van der Waals surface area (Å²) in [7, 11) is 5.78. The number of guanidine groups is 1. The molecule has 1 aliphatic rings. The highest BCUT2D eigenvalue weighted by atomic mass is 19.4. The molecule has 8 heteroatoms. The smallest absolute Gasteiger partial charge is 0.356 e. The summed E-state index contributed by atoms with van der Waals surface area (Å²) in [5.41, 5.74) is 1.20. The van der Waals surface area contributed by atoms with E-state index in [1.807, 2.05) is 26.4 Å². The highest BCUT2D eigenvalue weighted by Crippen LogP contribution is 2.24. The van der Waals surface area contributed by atoms with Gasteiger partial charge in [-0.25, -0.2) is 0 Å². The van der Waals surface area contributed by atoms with Crippen LogP contribution >= 0.6 is 0 Å². The van der Waals surface area contributed by atoms with Crippen molar-refractivity contribution in [1.82, 2.24) is 19.7 Å². The summed E-state index contributed by atoms with van der Waals surface area (Å²) in [4.78, 5) is 7.90. The van der Waals surface area contributed by atoms with Crippen LogP contribution in [0, 0.1) is 5.92 Å². The molecule has 1 fully saturated rings. The van der Waals surface area contributed by atoms with E-state index < -0.39 is 12.7 Å². The number of aromatic nitrogens is 1. The van der Waals surface area contributed by atoms with Crippen LogP contribution in [0.25, 0.3) is 0 Å². The number of aryl methyl sites for hydroxylation is 1. The first kappa shape index (κ1) is 20.6. The maximum atomic E-state index is 12.4. The van der Waals surface area contributed by atoms with Gasteiger partial charge in [0.25, 0.3) is 0 Å². The zero-order valence-corrected chi connectivity index (χ0v) is 15.9. The molecule has 2 rings (SSSR count). The van der Waals surface area contributed by atoms with Gasteiger partial charge in [-0.05, 0) is 50.4 Å². The fourth-order valence-electron chi connectivity index (χ4n) is 3.44. The molecule has 5 nitrogen and oxygen atoms in total. The lowest BCUT2D eigenvalue weighted by atomic mass is 9.93. The van der Waals surface area contributed by atoms with Crippen LogP contribution in [0.4, 0.5) is 13.2 Å². The van der Waals surface area contributed by atoms with Crippen molar-refractivity contribution in [2.75, 3.05) is 40.3 Å². The first-order valence-electron chi connectivity index (χ1n) is 9.09. The van der Waals surface area contributed by atoms with Crippen LogP contribution in [-0.2, 0) is 13.6 Å². The lowest BCUT2D eigenvalue weighted by Gasteiger charge is -2.32. The van der Waals surface area contributed by atoms with E-state index in [1.54, 1.807) is 7.05 Å². The molecular formula is C18H30F3N5. The third kappa shape index (κ3) is 6.55. The summed E-state index contributed by atoms with van der Waals surface area (Å²) < 4.78 is 39.4. The Labute approximate surface area is 153 Å². The van der Waals surface area contributed by atoms with Gasteiger partial charge in [-0.15, -0.1) is 0 Å². The van der Waals surface area contributed by atoms with Crippen molar-refractivity contribution in [3.8, 4) is 0 Å². The normalized spacial score (nSPS) is 17.5. The number of nitrogens with one attached hydrogen (secondary N) is 1. The Morgan fingerprint density at radius 2 is 2.04 bits per heavy atom. The molecule has 0 unspecified atom stereocenters. The number of halogens is 3. The van der Waals surface area contributed by atoms with Gasteiger partial charge in [0.05, 0.1) is 13.1 Å². The Morgan fingerprint density at radius 3 is 2.58 bits per heavy atom. The lowest BCUT2D eigenvalue weighted by molar-refractivity contribution is -0.148. The summed E-state index contributed by atoms with van der Waals surface area (Å²) in [6, 6.07) is 4.10. The molecule has 0 spiro atoms. The van der Waals surface area contributed by atoms with Gasteiger partial charge in [0.15, 0.2) is 5.96 Å². The Balaban J connectivity index is 1.69. The maximum absolute atomic E-state index is 12.4. The average molecular weight is 373 g/mol. The SMILES string of the molecule is CN=C(NCCC1CCN(CC(F)(F)F)CC1)N(C)Cc1cccn1C. The summed E-state index contributed by atoms with van der Waals surface area (Å²) in [5, 5.41) is 3.37. The van der Waals surface area contributed by atoms with Crippen LogP contribution in [0.5, 0.6) is 0 Å². The monoisotopic (exact) mass is 373 g/mol. The fraction of sp³-hybridized carbons (Fsp3) is 0.722. The van der Waals surface area contributed by atoms with Crippen LogP contribution in [0.3, 0.4) is 0 Å². The van der Waals surface area contributed by atoms with Gasteiger partial charge in [0.2, 0.25) is 0 Å². The zero-order chi connectivity index (χ0) is 19.2.